The first-order valence-electron chi connectivity index (χ1n) is 6.33. The fraction of sp³-hybridized carbons (Fsp3) is 0.0667. The van der Waals surface area contributed by atoms with E-state index in [1.54, 1.807) is 0 Å². The highest BCUT2D eigenvalue weighted by Gasteiger charge is 2.37. The molecule has 3 nitrogen and oxygen atoms in total. The summed E-state index contributed by atoms with van der Waals surface area (Å²) in [6, 6.07) is 6.57. The molecular formula is C15H7F5N2O. The summed E-state index contributed by atoms with van der Waals surface area (Å²) in [5.41, 5.74) is -1.59. The average molecular weight is 326 g/mol. The molecule has 0 radical (unpaired) electrons. The fourth-order valence-electron chi connectivity index (χ4n) is 2.18. The van der Waals surface area contributed by atoms with Crippen LogP contribution in [0.4, 0.5) is 22.0 Å². The first-order valence-corrected chi connectivity index (χ1v) is 6.33. The molecule has 0 unspecified atom stereocenters. The molecule has 1 aromatic heterocycles. The minimum Gasteiger partial charge on any atom is -0.268 e. The molecule has 2 aromatic carbocycles. The van der Waals surface area contributed by atoms with Gasteiger partial charge in [-0.1, -0.05) is 0 Å². The van der Waals surface area contributed by atoms with Gasteiger partial charge in [0.15, 0.2) is 0 Å². The lowest BCUT2D eigenvalue weighted by Crippen LogP contribution is -2.28. The lowest BCUT2D eigenvalue weighted by molar-refractivity contribution is -0.146. The molecule has 0 bridgehead atoms. The molecule has 8 heteroatoms. The smallest absolute Gasteiger partial charge is 0.268 e. The van der Waals surface area contributed by atoms with E-state index in [0.29, 0.717) is 4.57 Å². The first kappa shape index (κ1) is 15.1. The number of aromatic nitrogens is 2. The maximum absolute atomic E-state index is 13.3. The average Bonchev–Trinajstić information content (AvgIpc) is 2.48. The van der Waals surface area contributed by atoms with Crippen LogP contribution in [-0.2, 0) is 6.18 Å². The van der Waals surface area contributed by atoms with Crippen molar-refractivity contribution in [3.8, 4) is 5.69 Å². The standard InChI is InChI=1S/C15H7F5N2O/c16-8-1-4-10(5-2-8)22-13(23)11-7-9(17)3-6-12(11)21-14(22)15(18,19)20/h1-7H. The molecule has 0 N–H and O–H groups in total. The van der Waals surface area contributed by atoms with E-state index in [9.17, 15) is 26.7 Å². The summed E-state index contributed by atoms with van der Waals surface area (Å²) in [5.74, 6) is -2.91. The number of hydrogen-bond acceptors (Lipinski definition) is 2. The van der Waals surface area contributed by atoms with Crippen molar-refractivity contribution in [1.29, 1.82) is 0 Å². The Labute approximate surface area is 125 Å². The largest absolute Gasteiger partial charge is 0.450 e. The molecule has 23 heavy (non-hydrogen) atoms. The van der Waals surface area contributed by atoms with Crippen LogP contribution in [0.15, 0.2) is 47.3 Å². The number of alkyl halides is 3. The summed E-state index contributed by atoms with van der Waals surface area (Å²) < 4.78 is 66.2. The van der Waals surface area contributed by atoms with E-state index >= 15 is 0 Å². The van der Waals surface area contributed by atoms with Gasteiger partial charge in [0, 0.05) is 0 Å². The van der Waals surface area contributed by atoms with Gasteiger partial charge in [-0.05, 0) is 42.5 Å². The zero-order valence-corrected chi connectivity index (χ0v) is 11.2. The molecule has 3 aromatic rings. The van der Waals surface area contributed by atoms with Crippen LogP contribution in [0, 0.1) is 11.6 Å². The third-order valence-electron chi connectivity index (χ3n) is 3.17. The number of rotatable bonds is 1. The highest BCUT2D eigenvalue weighted by atomic mass is 19.4. The molecule has 0 spiro atoms. The lowest BCUT2D eigenvalue weighted by Gasteiger charge is -2.15. The molecule has 1 heterocycles. The zero-order valence-electron chi connectivity index (χ0n) is 11.2. The van der Waals surface area contributed by atoms with Gasteiger partial charge in [0.1, 0.15) is 11.6 Å². The Morgan fingerprint density at radius 2 is 1.52 bits per heavy atom. The van der Waals surface area contributed by atoms with Crippen molar-refractivity contribution in [2.45, 2.75) is 6.18 Å². The van der Waals surface area contributed by atoms with Crippen LogP contribution in [0.1, 0.15) is 5.82 Å². The van der Waals surface area contributed by atoms with Crippen molar-refractivity contribution in [1.82, 2.24) is 9.55 Å². The summed E-state index contributed by atoms with van der Waals surface area (Å²) in [4.78, 5) is 15.8. The van der Waals surface area contributed by atoms with Crippen LogP contribution >= 0.6 is 0 Å². The van der Waals surface area contributed by atoms with Gasteiger partial charge in [0.25, 0.3) is 5.56 Å². The van der Waals surface area contributed by atoms with Crippen LogP contribution in [0.25, 0.3) is 16.6 Å². The second kappa shape index (κ2) is 5.15. The Hall–Kier alpha value is -2.77. The maximum Gasteiger partial charge on any atom is 0.450 e. The third-order valence-corrected chi connectivity index (χ3v) is 3.17. The molecule has 0 aliphatic heterocycles. The SMILES string of the molecule is O=c1c2cc(F)ccc2nc(C(F)(F)F)n1-c1ccc(F)cc1. The number of benzene rings is 2. The van der Waals surface area contributed by atoms with Gasteiger partial charge >= 0.3 is 6.18 Å². The summed E-state index contributed by atoms with van der Waals surface area (Å²) >= 11 is 0. The molecule has 0 atom stereocenters. The van der Waals surface area contributed by atoms with Crippen molar-refractivity contribution in [2.24, 2.45) is 0 Å². The summed E-state index contributed by atoms with van der Waals surface area (Å²) in [6.45, 7) is 0. The summed E-state index contributed by atoms with van der Waals surface area (Å²) in [7, 11) is 0. The Morgan fingerprint density at radius 1 is 0.913 bits per heavy atom. The highest BCUT2D eigenvalue weighted by molar-refractivity contribution is 5.78. The van der Waals surface area contributed by atoms with E-state index in [1.165, 1.54) is 0 Å². The van der Waals surface area contributed by atoms with Gasteiger partial charge in [-0.2, -0.15) is 13.2 Å². The molecule has 0 saturated heterocycles. The highest BCUT2D eigenvalue weighted by Crippen LogP contribution is 2.29. The van der Waals surface area contributed by atoms with E-state index < -0.39 is 29.2 Å². The van der Waals surface area contributed by atoms with Crippen LogP contribution < -0.4 is 5.56 Å². The normalized spacial score (nSPS) is 11.9. The monoisotopic (exact) mass is 326 g/mol. The predicted molar refractivity (Wildman–Crippen MR) is 72.3 cm³/mol. The van der Waals surface area contributed by atoms with Gasteiger partial charge in [-0.25, -0.2) is 13.8 Å². The minimum absolute atomic E-state index is 0.220. The predicted octanol–water partition coefficient (Wildman–Crippen LogP) is 3.68. The van der Waals surface area contributed by atoms with Crippen molar-refractivity contribution in [3.05, 3.63) is 70.3 Å². The van der Waals surface area contributed by atoms with E-state index in [-0.39, 0.29) is 16.6 Å². The van der Waals surface area contributed by atoms with Crippen molar-refractivity contribution >= 4 is 10.9 Å². The molecular weight excluding hydrogens is 319 g/mol. The quantitative estimate of drug-likeness (QED) is 0.639. The maximum atomic E-state index is 13.3. The van der Waals surface area contributed by atoms with Gasteiger partial charge < -0.3 is 0 Å². The molecule has 0 amide bonds. The molecule has 0 aliphatic rings. The van der Waals surface area contributed by atoms with E-state index in [2.05, 4.69) is 4.98 Å². The van der Waals surface area contributed by atoms with Crippen LogP contribution in [-0.4, -0.2) is 9.55 Å². The molecule has 0 aliphatic carbocycles. The second-order valence-corrected chi connectivity index (χ2v) is 4.71. The number of hydrogen-bond donors (Lipinski definition) is 0. The zero-order chi connectivity index (χ0) is 16.8. The Morgan fingerprint density at radius 3 is 2.13 bits per heavy atom. The van der Waals surface area contributed by atoms with Gasteiger partial charge in [0.05, 0.1) is 16.6 Å². The van der Waals surface area contributed by atoms with Crippen LogP contribution in [0.2, 0.25) is 0 Å². The Kier molecular flexibility index (Phi) is 3.39. The summed E-state index contributed by atoms with van der Waals surface area (Å²) in [6.07, 6.45) is -4.92. The second-order valence-electron chi connectivity index (χ2n) is 4.71. The van der Waals surface area contributed by atoms with Crippen LogP contribution in [0.5, 0.6) is 0 Å². The number of halogens is 5. The molecule has 118 valence electrons. The first-order chi connectivity index (χ1) is 10.8. The van der Waals surface area contributed by atoms with Crippen LogP contribution in [0.3, 0.4) is 0 Å². The van der Waals surface area contributed by atoms with Gasteiger partial charge in [-0.3, -0.25) is 9.36 Å². The lowest BCUT2D eigenvalue weighted by atomic mass is 10.2. The molecule has 3 rings (SSSR count). The third kappa shape index (κ3) is 2.67. The van der Waals surface area contributed by atoms with Gasteiger partial charge in [-0.15, -0.1) is 0 Å². The molecule has 0 saturated carbocycles. The van der Waals surface area contributed by atoms with E-state index in [4.69, 9.17) is 0 Å². The van der Waals surface area contributed by atoms with Crippen molar-refractivity contribution in [2.75, 3.05) is 0 Å². The van der Waals surface area contributed by atoms with Crippen molar-refractivity contribution < 1.29 is 22.0 Å². The van der Waals surface area contributed by atoms with E-state index in [0.717, 1.165) is 42.5 Å². The summed E-state index contributed by atoms with van der Waals surface area (Å²) in [5, 5.41) is -0.303. The fourth-order valence-corrected chi connectivity index (χ4v) is 2.18. The molecule has 0 fully saturated rings. The number of nitrogens with zero attached hydrogens (tertiary/aromatic N) is 2. The van der Waals surface area contributed by atoms with E-state index in [1.807, 2.05) is 0 Å². The van der Waals surface area contributed by atoms with Crippen molar-refractivity contribution in [3.63, 3.8) is 0 Å². The Balaban J connectivity index is 2.44. The Bertz CT molecular complexity index is 945. The van der Waals surface area contributed by atoms with Gasteiger partial charge in [0.2, 0.25) is 5.82 Å². The topological polar surface area (TPSA) is 34.9 Å². The number of fused-ring (bicyclic) bond motifs is 1. The minimum atomic E-state index is -4.92.